The number of carbonyl (C=O) groups excluding carboxylic acids is 1. The molecule has 0 aromatic heterocycles. The molecule has 1 unspecified atom stereocenters. The van der Waals surface area contributed by atoms with Crippen LogP contribution in [0, 0.1) is 10.1 Å². The standard InChI is InChI=1S/C19H20N2O3/c1-14(22)11-17-8-7-16-12-18(21(23)24)9-10-19(16)20(17)13-15-5-3-2-4-6-15/h2-6,9-10,12,17H,7-8,11,13H2,1H3. The van der Waals surface area contributed by atoms with E-state index in [1.54, 1.807) is 19.1 Å². The van der Waals surface area contributed by atoms with Gasteiger partial charge in [0, 0.05) is 36.8 Å². The van der Waals surface area contributed by atoms with Crippen LogP contribution in [0.15, 0.2) is 48.5 Å². The predicted molar refractivity (Wildman–Crippen MR) is 93.1 cm³/mol. The fraction of sp³-hybridized carbons (Fsp3) is 0.316. The van der Waals surface area contributed by atoms with Gasteiger partial charge in [0.2, 0.25) is 0 Å². The first-order chi connectivity index (χ1) is 11.5. The lowest BCUT2D eigenvalue weighted by Gasteiger charge is -2.38. The molecule has 3 rings (SSSR count). The number of carbonyl (C=O) groups is 1. The third-order valence-corrected chi connectivity index (χ3v) is 4.49. The molecule has 0 saturated carbocycles. The van der Waals surface area contributed by atoms with Crippen molar-refractivity contribution in [3.8, 4) is 0 Å². The molecule has 0 N–H and O–H groups in total. The van der Waals surface area contributed by atoms with Gasteiger partial charge in [0.15, 0.2) is 0 Å². The Morgan fingerprint density at radius 2 is 2.00 bits per heavy atom. The highest BCUT2D eigenvalue weighted by Crippen LogP contribution is 2.35. The first-order valence-corrected chi connectivity index (χ1v) is 8.12. The van der Waals surface area contributed by atoms with E-state index in [0.717, 1.165) is 29.7 Å². The van der Waals surface area contributed by atoms with Crippen LogP contribution in [0.1, 0.15) is 30.9 Å². The summed E-state index contributed by atoms with van der Waals surface area (Å²) in [5, 5.41) is 11.0. The van der Waals surface area contributed by atoms with Gasteiger partial charge >= 0.3 is 0 Å². The fourth-order valence-corrected chi connectivity index (χ4v) is 3.38. The summed E-state index contributed by atoms with van der Waals surface area (Å²) in [4.78, 5) is 24.5. The van der Waals surface area contributed by atoms with E-state index in [2.05, 4.69) is 17.0 Å². The maximum absolute atomic E-state index is 11.6. The number of nitro groups is 1. The van der Waals surface area contributed by atoms with Crippen LogP contribution in [-0.4, -0.2) is 16.7 Å². The summed E-state index contributed by atoms with van der Waals surface area (Å²) in [6.45, 7) is 2.32. The van der Waals surface area contributed by atoms with Gasteiger partial charge in [-0.25, -0.2) is 0 Å². The molecule has 0 bridgehead atoms. The average molecular weight is 324 g/mol. The lowest BCUT2D eigenvalue weighted by molar-refractivity contribution is -0.384. The van der Waals surface area contributed by atoms with Crippen LogP contribution in [0.5, 0.6) is 0 Å². The maximum atomic E-state index is 11.6. The summed E-state index contributed by atoms with van der Waals surface area (Å²) in [5.41, 5.74) is 3.28. The number of Topliss-reactive ketones (excluding diaryl/α,β-unsaturated/α-hetero) is 1. The van der Waals surface area contributed by atoms with Crippen LogP contribution in [0.25, 0.3) is 0 Å². The van der Waals surface area contributed by atoms with Crippen molar-refractivity contribution in [2.75, 3.05) is 4.90 Å². The van der Waals surface area contributed by atoms with Crippen LogP contribution in [0.3, 0.4) is 0 Å². The van der Waals surface area contributed by atoms with Crippen molar-refractivity contribution in [2.45, 2.75) is 38.8 Å². The van der Waals surface area contributed by atoms with Gasteiger partial charge in [0.05, 0.1) is 4.92 Å². The molecule has 0 amide bonds. The Morgan fingerprint density at radius 3 is 2.67 bits per heavy atom. The van der Waals surface area contributed by atoms with E-state index in [9.17, 15) is 14.9 Å². The third-order valence-electron chi connectivity index (χ3n) is 4.49. The number of nitro benzene ring substituents is 1. The van der Waals surface area contributed by atoms with E-state index in [1.165, 1.54) is 0 Å². The zero-order chi connectivity index (χ0) is 17.1. The highest BCUT2D eigenvalue weighted by molar-refractivity contribution is 5.77. The molecule has 2 aromatic carbocycles. The molecular weight excluding hydrogens is 304 g/mol. The first-order valence-electron chi connectivity index (χ1n) is 8.12. The second-order valence-corrected chi connectivity index (χ2v) is 6.28. The van der Waals surface area contributed by atoms with Gasteiger partial charge in [-0.15, -0.1) is 0 Å². The molecule has 0 aliphatic carbocycles. The number of hydrogen-bond donors (Lipinski definition) is 0. The zero-order valence-corrected chi connectivity index (χ0v) is 13.6. The molecule has 0 spiro atoms. The summed E-state index contributed by atoms with van der Waals surface area (Å²) < 4.78 is 0. The van der Waals surface area contributed by atoms with E-state index >= 15 is 0 Å². The number of ketones is 1. The number of hydrogen-bond acceptors (Lipinski definition) is 4. The van der Waals surface area contributed by atoms with E-state index in [0.29, 0.717) is 13.0 Å². The number of non-ortho nitro benzene ring substituents is 1. The molecule has 124 valence electrons. The van der Waals surface area contributed by atoms with Crippen molar-refractivity contribution in [3.05, 3.63) is 69.8 Å². The Bertz CT molecular complexity index is 758. The van der Waals surface area contributed by atoms with Crippen molar-refractivity contribution >= 4 is 17.2 Å². The van der Waals surface area contributed by atoms with Gasteiger partial charge in [0.1, 0.15) is 5.78 Å². The summed E-state index contributed by atoms with van der Waals surface area (Å²) in [6, 6.07) is 15.3. The van der Waals surface area contributed by atoms with Crippen molar-refractivity contribution < 1.29 is 9.72 Å². The summed E-state index contributed by atoms with van der Waals surface area (Å²) in [7, 11) is 0. The SMILES string of the molecule is CC(=O)CC1CCc2cc([N+](=O)[O-])ccc2N1Cc1ccccc1. The maximum Gasteiger partial charge on any atom is 0.269 e. The number of rotatable bonds is 5. The second-order valence-electron chi connectivity index (χ2n) is 6.28. The molecule has 0 fully saturated rings. The van der Waals surface area contributed by atoms with Crippen LogP contribution in [0.2, 0.25) is 0 Å². The minimum atomic E-state index is -0.358. The minimum Gasteiger partial charge on any atom is -0.364 e. The lowest BCUT2D eigenvalue weighted by Crippen LogP contribution is -2.40. The normalized spacial score (nSPS) is 16.5. The van der Waals surface area contributed by atoms with Crippen LogP contribution < -0.4 is 4.90 Å². The monoisotopic (exact) mass is 324 g/mol. The van der Waals surface area contributed by atoms with Gasteiger partial charge in [0.25, 0.3) is 5.69 Å². The van der Waals surface area contributed by atoms with Crippen molar-refractivity contribution in [2.24, 2.45) is 0 Å². The Hall–Kier alpha value is -2.69. The molecule has 2 aromatic rings. The second kappa shape index (κ2) is 6.83. The average Bonchev–Trinajstić information content (AvgIpc) is 2.57. The molecule has 24 heavy (non-hydrogen) atoms. The largest absolute Gasteiger partial charge is 0.364 e. The lowest BCUT2D eigenvalue weighted by atomic mass is 9.92. The van der Waals surface area contributed by atoms with Gasteiger partial charge in [-0.1, -0.05) is 30.3 Å². The van der Waals surface area contributed by atoms with Crippen LogP contribution in [-0.2, 0) is 17.8 Å². The van der Waals surface area contributed by atoms with E-state index < -0.39 is 0 Å². The van der Waals surface area contributed by atoms with Crippen molar-refractivity contribution in [1.29, 1.82) is 0 Å². The van der Waals surface area contributed by atoms with Gasteiger partial charge in [-0.2, -0.15) is 0 Å². The topological polar surface area (TPSA) is 63.4 Å². The highest BCUT2D eigenvalue weighted by Gasteiger charge is 2.28. The molecule has 0 saturated heterocycles. The number of benzene rings is 2. The molecule has 1 heterocycles. The van der Waals surface area contributed by atoms with Gasteiger partial charge < -0.3 is 4.90 Å². The zero-order valence-electron chi connectivity index (χ0n) is 13.6. The molecule has 5 heteroatoms. The van der Waals surface area contributed by atoms with E-state index in [1.807, 2.05) is 24.3 Å². The quantitative estimate of drug-likeness (QED) is 0.618. The Balaban J connectivity index is 1.96. The van der Waals surface area contributed by atoms with E-state index in [-0.39, 0.29) is 22.4 Å². The molecule has 0 radical (unpaired) electrons. The Kier molecular flexibility index (Phi) is 4.60. The Morgan fingerprint density at radius 1 is 1.25 bits per heavy atom. The fourth-order valence-electron chi connectivity index (χ4n) is 3.38. The third kappa shape index (κ3) is 3.45. The number of nitrogens with zero attached hydrogens (tertiary/aromatic N) is 2. The molecule has 1 aliphatic rings. The molecule has 1 aliphatic heterocycles. The summed E-state index contributed by atoms with van der Waals surface area (Å²) in [5.74, 6) is 0.170. The van der Waals surface area contributed by atoms with Crippen molar-refractivity contribution in [1.82, 2.24) is 0 Å². The first kappa shape index (κ1) is 16.2. The number of anilines is 1. The minimum absolute atomic E-state index is 0.124. The predicted octanol–water partition coefficient (Wildman–Crippen LogP) is 3.90. The summed E-state index contributed by atoms with van der Waals surface area (Å²) >= 11 is 0. The number of aryl methyl sites for hydroxylation is 1. The highest BCUT2D eigenvalue weighted by atomic mass is 16.6. The van der Waals surface area contributed by atoms with Gasteiger partial charge in [-0.05, 0) is 37.0 Å². The van der Waals surface area contributed by atoms with Crippen molar-refractivity contribution in [3.63, 3.8) is 0 Å². The molecule has 1 atom stereocenters. The molecular formula is C19H20N2O3. The summed E-state index contributed by atoms with van der Waals surface area (Å²) in [6.07, 6.45) is 2.10. The van der Waals surface area contributed by atoms with Crippen LogP contribution >= 0.6 is 0 Å². The smallest absolute Gasteiger partial charge is 0.269 e. The Labute approximate surface area is 141 Å². The van der Waals surface area contributed by atoms with E-state index in [4.69, 9.17) is 0 Å². The number of fused-ring (bicyclic) bond motifs is 1. The van der Waals surface area contributed by atoms with Gasteiger partial charge in [-0.3, -0.25) is 14.9 Å². The van der Waals surface area contributed by atoms with Crippen LogP contribution in [0.4, 0.5) is 11.4 Å². The molecule has 5 nitrogen and oxygen atoms in total.